The summed E-state index contributed by atoms with van der Waals surface area (Å²) in [5, 5.41) is 4.21. The van der Waals surface area contributed by atoms with Crippen molar-refractivity contribution in [3.05, 3.63) is 15.0 Å². The SMILES string of the molecule is CS(=O)(=O)CCN1CCn2nc(C=O)c(I)c2C1. The fraction of sp³-hybridized carbons (Fsp3) is 0.600. The highest BCUT2D eigenvalue weighted by atomic mass is 127. The van der Waals surface area contributed by atoms with E-state index in [9.17, 15) is 13.2 Å². The van der Waals surface area contributed by atoms with Gasteiger partial charge in [-0.3, -0.25) is 14.4 Å². The van der Waals surface area contributed by atoms with Gasteiger partial charge in [0.15, 0.2) is 6.29 Å². The van der Waals surface area contributed by atoms with Crippen LogP contribution in [-0.2, 0) is 22.9 Å². The summed E-state index contributed by atoms with van der Waals surface area (Å²) >= 11 is 2.11. The molecule has 0 bridgehead atoms. The smallest absolute Gasteiger partial charge is 0.171 e. The summed E-state index contributed by atoms with van der Waals surface area (Å²) in [6.07, 6.45) is 2.00. The number of fused-ring (bicyclic) bond motifs is 1. The van der Waals surface area contributed by atoms with Gasteiger partial charge in [0, 0.05) is 25.9 Å². The minimum absolute atomic E-state index is 0.165. The first-order valence-corrected chi connectivity index (χ1v) is 8.65. The predicted octanol–water partition coefficient (Wildman–Crippen LogP) is 0.160. The lowest BCUT2D eigenvalue weighted by Gasteiger charge is -2.27. The molecule has 0 aliphatic carbocycles. The Morgan fingerprint density at radius 2 is 2.17 bits per heavy atom. The Bertz CT molecular complexity index is 567. The molecule has 0 unspecified atom stereocenters. The molecule has 18 heavy (non-hydrogen) atoms. The summed E-state index contributed by atoms with van der Waals surface area (Å²) < 4.78 is 25.0. The average molecular weight is 383 g/mol. The molecule has 0 amide bonds. The molecule has 1 aliphatic rings. The van der Waals surface area contributed by atoms with Crippen LogP contribution in [0.1, 0.15) is 16.2 Å². The molecule has 0 aromatic carbocycles. The minimum Gasteiger partial charge on any atom is -0.296 e. The zero-order valence-electron chi connectivity index (χ0n) is 9.97. The third kappa shape index (κ3) is 3.09. The first kappa shape index (κ1) is 13.9. The van der Waals surface area contributed by atoms with E-state index < -0.39 is 9.84 Å². The van der Waals surface area contributed by atoms with Crippen LogP contribution in [0.5, 0.6) is 0 Å². The van der Waals surface area contributed by atoms with Crippen LogP contribution in [0.3, 0.4) is 0 Å². The zero-order valence-corrected chi connectivity index (χ0v) is 12.9. The van der Waals surface area contributed by atoms with Gasteiger partial charge in [0.25, 0.3) is 0 Å². The van der Waals surface area contributed by atoms with Crippen molar-refractivity contribution >= 4 is 38.7 Å². The van der Waals surface area contributed by atoms with Crippen LogP contribution in [0.15, 0.2) is 0 Å². The van der Waals surface area contributed by atoms with Gasteiger partial charge in [0.05, 0.1) is 21.6 Å². The maximum absolute atomic E-state index is 11.1. The van der Waals surface area contributed by atoms with Gasteiger partial charge in [-0.05, 0) is 22.6 Å². The monoisotopic (exact) mass is 383 g/mol. The molecule has 1 aliphatic heterocycles. The summed E-state index contributed by atoms with van der Waals surface area (Å²) in [5.74, 6) is 0.165. The molecule has 0 spiro atoms. The maximum atomic E-state index is 11.1. The molecular formula is C10H14IN3O3S. The number of sulfone groups is 1. The normalized spacial score (nSPS) is 16.6. The quantitative estimate of drug-likeness (QED) is 0.547. The van der Waals surface area contributed by atoms with Gasteiger partial charge >= 0.3 is 0 Å². The van der Waals surface area contributed by atoms with E-state index in [1.807, 2.05) is 4.68 Å². The van der Waals surface area contributed by atoms with Crippen LogP contribution >= 0.6 is 22.6 Å². The second-order valence-corrected chi connectivity index (χ2v) is 7.73. The lowest BCUT2D eigenvalue weighted by molar-refractivity contribution is 0.111. The van der Waals surface area contributed by atoms with E-state index in [-0.39, 0.29) is 5.75 Å². The van der Waals surface area contributed by atoms with Crippen molar-refractivity contribution in [2.24, 2.45) is 0 Å². The number of aromatic nitrogens is 2. The molecule has 0 fully saturated rings. The van der Waals surface area contributed by atoms with Gasteiger partial charge in [-0.2, -0.15) is 5.10 Å². The topological polar surface area (TPSA) is 72.3 Å². The van der Waals surface area contributed by atoms with Gasteiger partial charge in [-0.1, -0.05) is 0 Å². The Morgan fingerprint density at radius 3 is 2.78 bits per heavy atom. The fourth-order valence-corrected chi connectivity index (χ4v) is 3.19. The van der Waals surface area contributed by atoms with Gasteiger partial charge in [-0.25, -0.2) is 8.42 Å². The van der Waals surface area contributed by atoms with Crippen molar-refractivity contribution in [2.75, 3.05) is 25.1 Å². The van der Waals surface area contributed by atoms with Crippen LogP contribution in [0.25, 0.3) is 0 Å². The van der Waals surface area contributed by atoms with Crippen LogP contribution in [0.2, 0.25) is 0 Å². The molecule has 1 aromatic rings. The predicted molar refractivity (Wildman–Crippen MR) is 75.3 cm³/mol. The number of carbonyl (C=O) groups is 1. The van der Waals surface area contributed by atoms with E-state index in [1.165, 1.54) is 6.26 Å². The molecule has 1 aromatic heterocycles. The number of aldehydes is 1. The van der Waals surface area contributed by atoms with Gasteiger partial charge in [0.2, 0.25) is 0 Å². The average Bonchev–Trinajstić information content (AvgIpc) is 2.63. The number of nitrogens with zero attached hydrogens (tertiary/aromatic N) is 3. The Morgan fingerprint density at radius 1 is 1.44 bits per heavy atom. The van der Waals surface area contributed by atoms with Gasteiger partial charge in [0.1, 0.15) is 15.5 Å². The van der Waals surface area contributed by atoms with E-state index >= 15 is 0 Å². The summed E-state index contributed by atoms with van der Waals surface area (Å²) in [5.41, 5.74) is 1.47. The second-order valence-electron chi connectivity index (χ2n) is 4.39. The van der Waals surface area contributed by atoms with E-state index in [0.717, 1.165) is 22.1 Å². The third-order valence-corrected chi connectivity index (χ3v) is 5.01. The van der Waals surface area contributed by atoms with Gasteiger partial charge < -0.3 is 0 Å². The summed E-state index contributed by atoms with van der Waals surface area (Å²) in [7, 11) is -2.93. The van der Waals surface area contributed by atoms with E-state index in [2.05, 4.69) is 32.6 Å². The Hall–Kier alpha value is -0.480. The zero-order chi connectivity index (χ0) is 13.3. The lowest BCUT2D eigenvalue weighted by atomic mass is 10.3. The second kappa shape index (κ2) is 5.25. The molecule has 0 saturated heterocycles. The highest BCUT2D eigenvalue weighted by Crippen LogP contribution is 2.21. The van der Waals surface area contributed by atoms with Crippen molar-refractivity contribution < 1.29 is 13.2 Å². The number of halogens is 1. The number of hydrogen-bond donors (Lipinski definition) is 0. The molecule has 0 atom stereocenters. The molecule has 2 heterocycles. The molecule has 0 saturated carbocycles. The Balaban J connectivity index is 2.10. The molecule has 100 valence electrons. The van der Waals surface area contributed by atoms with Crippen molar-refractivity contribution in [1.29, 1.82) is 0 Å². The summed E-state index contributed by atoms with van der Waals surface area (Å²) in [6.45, 7) is 2.63. The summed E-state index contributed by atoms with van der Waals surface area (Å²) in [6, 6.07) is 0. The van der Waals surface area contributed by atoms with E-state index in [1.54, 1.807) is 0 Å². The lowest BCUT2D eigenvalue weighted by Crippen LogP contribution is -2.37. The molecule has 8 heteroatoms. The Kier molecular flexibility index (Phi) is 4.07. The third-order valence-electron chi connectivity index (χ3n) is 2.91. The highest BCUT2D eigenvalue weighted by molar-refractivity contribution is 14.1. The van der Waals surface area contributed by atoms with E-state index in [0.29, 0.717) is 25.3 Å². The first-order chi connectivity index (χ1) is 8.40. The number of rotatable bonds is 4. The van der Waals surface area contributed by atoms with Crippen LogP contribution in [0.4, 0.5) is 0 Å². The van der Waals surface area contributed by atoms with E-state index in [4.69, 9.17) is 0 Å². The molecule has 2 rings (SSSR count). The van der Waals surface area contributed by atoms with Crippen LogP contribution in [-0.4, -0.2) is 54.5 Å². The molecule has 0 N–H and O–H groups in total. The number of carbonyl (C=O) groups excluding carboxylic acids is 1. The van der Waals surface area contributed by atoms with Crippen molar-refractivity contribution in [3.63, 3.8) is 0 Å². The Labute approximate surface area is 119 Å². The van der Waals surface area contributed by atoms with Crippen molar-refractivity contribution in [3.8, 4) is 0 Å². The van der Waals surface area contributed by atoms with Crippen LogP contribution < -0.4 is 0 Å². The molecule has 6 nitrogen and oxygen atoms in total. The fourth-order valence-electron chi connectivity index (χ4n) is 1.92. The molecule has 0 radical (unpaired) electrons. The standard InChI is InChI=1S/C10H14IN3O3S/c1-18(16,17)5-4-13-2-3-14-9(6-13)10(11)8(7-15)12-14/h7H,2-6H2,1H3. The van der Waals surface area contributed by atoms with Crippen molar-refractivity contribution in [2.45, 2.75) is 13.1 Å². The molecular weight excluding hydrogens is 369 g/mol. The highest BCUT2D eigenvalue weighted by Gasteiger charge is 2.23. The summed E-state index contributed by atoms with van der Waals surface area (Å²) in [4.78, 5) is 12.9. The first-order valence-electron chi connectivity index (χ1n) is 5.51. The van der Waals surface area contributed by atoms with Gasteiger partial charge in [-0.15, -0.1) is 0 Å². The number of hydrogen-bond acceptors (Lipinski definition) is 5. The minimum atomic E-state index is -2.93. The maximum Gasteiger partial charge on any atom is 0.171 e. The largest absolute Gasteiger partial charge is 0.296 e. The van der Waals surface area contributed by atoms with Crippen molar-refractivity contribution in [1.82, 2.24) is 14.7 Å². The van der Waals surface area contributed by atoms with Crippen LogP contribution in [0, 0.1) is 3.57 Å².